The van der Waals surface area contributed by atoms with E-state index in [1.165, 1.54) is 6.08 Å². The van der Waals surface area contributed by atoms with Crippen molar-refractivity contribution in [2.75, 3.05) is 5.32 Å². The summed E-state index contributed by atoms with van der Waals surface area (Å²) in [5, 5.41) is 14.0. The van der Waals surface area contributed by atoms with Crippen LogP contribution < -0.4 is 10.1 Å². The molecule has 0 fully saturated rings. The normalized spacial score (nSPS) is 11.1. The van der Waals surface area contributed by atoms with Gasteiger partial charge in [0.1, 0.15) is 24.0 Å². The quantitative estimate of drug-likeness (QED) is 0.275. The number of benzene rings is 3. The van der Waals surface area contributed by atoms with Gasteiger partial charge in [0.05, 0.1) is 5.02 Å². The van der Waals surface area contributed by atoms with Gasteiger partial charge in [0, 0.05) is 26.3 Å². The Morgan fingerprint density at radius 2 is 1.81 bits per heavy atom. The largest absolute Gasteiger partial charge is 0.487 e. The molecule has 1 N–H and O–H groups in total. The van der Waals surface area contributed by atoms with Crippen molar-refractivity contribution in [3.63, 3.8) is 0 Å². The van der Waals surface area contributed by atoms with Crippen LogP contribution in [0.3, 0.4) is 0 Å². The standard InChI is InChI=1S/C24H16Cl4N2O2/c1-14-19(26)3-2-4-22(14)30-24(31)17(12-29)9-15-5-8-23(21(28)10-15)32-13-16-6-7-18(25)11-20(16)27/h2-11H,13H2,1H3,(H,30,31)/b17-9+. The Morgan fingerprint density at radius 1 is 1.03 bits per heavy atom. The van der Waals surface area contributed by atoms with Crippen LogP contribution in [-0.2, 0) is 11.4 Å². The number of nitrogens with zero attached hydrogens (tertiary/aromatic N) is 1. The minimum atomic E-state index is -0.549. The van der Waals surface area contributed by atoms with Crippen molar-refractivity contribution < 1.29 is 9.53 Å². The van der Waals surface area contributed by atoms with Crippen LogP contribution in [0.2, 0.25) is 20.1 Å². The highest BCUT2D eigenvalue weighted by atomic mass is 35.5. The number of halogens is 4. The maximum atomic E-state index is 12.6. The zero-order valence-electron chi connectivity index (χ0n) is 16.8. The lowest BCUT2D eigenvalue weighted by atomic mass is 10.1. The molecule has 3 rings (SSSR count). The molecule has 0 saturated heterocycles. The monoisotopic (exact) mass is 504 g/mol. The van der Waals surface area contributed by atoms with E-state index in [1.807, 2.05) is 6.07 Å². The third kappa shape index (κ3) is 5.97. The van der Waals surface area contributed by atoms with Crippen LogP contribution in [0.15, 0.2) is 60.2 Å². The van der Waals surface area contributed by atoms with E-state index in [0.29, 0.717) is 42.7 Å². The van der Waals surface area contributed by atoms with Gasteiger partial charge in [-0.2, -0.15) is 5.26 Å². The van der Waals surface area contributed by atoms with E-state index in [9.17, 15) is 10.1 Å². The van der Waals surface area contributed by atoms with Crippen molar-refractivity contribution in [3.8, 4) is 11.8 Å². The summed E-state index contributed by atoms with van der Waals surface area (Å²) < 4.78 is 5.74. The summed E-state index contributed by atoms with van der Waals surface area (Å²) in [5.74, 6) is -0.112. The van der Waals surface area contributed by atoms with Crippen molar-refractivity contribution in [1.82, 2.24) is 0 Å². The molecule has 32 heavy (non-hydrogen) atoms. The molecule has 0 aromatic heterocycles. The Hall–Kier alpha value is -2.68. The van der Waals surface area contributed by atoms with Crippen LogP contribution in [0.4, 0.5) is 5.69 Å². The summed E-state index contributed by atoms with van der Waals surface area (Å²) in [4.78, 5) is 12.6. The molecule has 3 aromatic rings. The molecule has 3 aromatic carbocycles. The van der Waals surface area contributed by atoms with Gasteiger partial charge in [-0.25, -0.2) is 0 Å². The fraction of sp³-hybridized carbons (Fsp3) is 0.0833. The van der Waals surface area contributed by atoms with Gasteiger partial charge in [0.25, 0.3) is 5.91 Å². The predicted octanol–water partition coefficient (Wildman–Crippen LogP) is 7.73. The third-order valence-electron chi connectivity index (χ3n) is 4.55. The highest BCUT2D eigenvalue weighted by Crippen LogP contribution is 2.29. The highest BCUT2D eigenvalue weighted by molar-refractivity contribution is 6.35. The average Bonchev–Trinajstić information content (AvgIpc) is 2.75. The second-order valence-electron chi connectivity index (χ2n) is 6.75. The Balaban J connectivity index is 1.74. The topological polar surface area (TPSA) is 62.1 Å². The van der Waals surface area contributed by atoms with E-state index in [4.69, 9.17) is 51.1 Å². The van der Waals surface area contributed by atoms with Crippen LogP contribution >= 0.6 is 46.4 Å². The molecule has 162 valence electrons. The minimum absolute atomic E-state index is 0.0814. The first-order valence-corrected chi connectivity index (χ1v) is 10.8. The molecule has 0 saturated carbocycles. The summed E-state index contributed by atoms with van der Waals surface area (Å²) in [6.07, 6.45) is 1.45. The fourth-order valence-electron chi connectivity index (χ4n) is 2.77. The fourth-order valence-corrected chi connectivity index (χ4v) is 3.65. The first-order valence-electron chi connectivity index (χ1n) is 9.33. The molecule has 0 aliphatic rings. The molecule has 0 atom stereocenters. The van der Waals surface area contributed by atoms with Gasteiger partial charge in [-0.1, -0.05) is 64.6 Å². The molecular weight excluding hydrogens is 490 g/mol. The van der Waals surface area contributed by atoms with Crippen molar-refractivity contribution in [2.24, 2.45) is 0 Å². The van der Waals surface area contributed by atoms with E-state index in [1.54, 1.807) is 61.5 Å². The zero-order valence-corrected chi connectivity index (χ0v) is 19.8. The second kappa shape index (κ2) is 10.8. The minimum Gasteiger partial charge on any atom is -0.487 e. The smallest absolute Gasteiger partial charge is 0.266 e. The van der Waals surface area contributed by atoms with E-state index in [-0.39, 0.29) is 12.2 Å². The van der Waals surface area contributed by atoms with Gasteiger partial charge >= 0.3 is 0 Å². The summed E-state index contributed by atoms with van der Waals surface area (Å²) in [6, 6.07) is 17.2. The van der Waals surface area contributed by atoms with Crippen LogP contribution in [0.25, 0.3) is 6.08 Å². The molecule has 0 aliphatic heterocycles. The van der Waals surface area contributed by atoms with E-state index in [0.717, 1.165) is 5.56 Å². The average molecular weight is 506 g/mol. The number of carbonyl (C=O) groups is 1. The van der Waals surface area contributed by atoms with Gasteiger partial charge in [0.2, 0.25) is 0 Å². The number of amides is 1. The Labute approximate surface area is 205 Å². The molecular formula is C24H16Cl4N2O2. The molecule has 0 spiro atoms. The molecule has 0 aliphatic carbocycles. The van der Waals surface area contributed by atoms with Crippen LogP contribution in [-0.4, -0.2) is 5.91 Å². The molecule has 0 bridgehead atoms. The molecule has 4 nitrogen and oxygen atoms in total. The maximum Gasteiger partial charge on any atom is 0.266 e. The number of rotatable bonds is 6. The van der Waals surface area contributed by atoms with E-state index >= 15 is 0 Å². The first kappa shape index (κ1) is 24.0. The van der Waals surface area contributed by atoms with Gasteiger partial charge in [-0.15, -0.1) is 0 Å². The molecule has 1 amide bonds. The van der Waals surface area contributed by atoms with E-state index in [2.05, 4.69) is 5.32 Å². The maximum absolute atomic E-state index is 12.6. The number of hydrogen-bond donors (Lipinski definition) is 1. The van der Waals surface area contributed by atoms with Crippen LogP contribution in [0.1, 0.15) is 16.7 Å². The van der Waals surface area contributed by atoms with Gasteiger partial charge < -0.3 is 10.1 Å². The SMILES string of the molecule is Cc1c(Cl)cccc1NC(=O)/C(C#N)=C/c1ccc(OCc2ccc(Cl)cc2Cl)c(Cl)c1. The third-order valence-corrected chi connectivity index (χ3v) is 5.84. The van der Waals surface area contributed by atoms with Gasteiger partial charge in [-0.3, -0.25) is 4.79 Å². The molecule has 8 heteroatoms. The lowest BCUT2D eigenvalue weighted by molar-refractivity contribution is -0.112. The Kier molecular flexibility index (Phi) is 8.06. The molecule has 0 heterocycles. The van der Waals surface area contributed by atoms with E-state index < -0.39 is 5.91 Å². The molecule has 0 unspecified atom stereocenters. The summed E-state index contributed by atoms with van der Waals surface area (Å²) in [7, 11) is 0. The number of nitrogens with one attached hydrogen (secondary N) is 1. The number of carbonyl (C=O) groups excluding carboxylic acids is 1. The second-order valence-corrected chi connectivity index (χ2v) is 8.41. The van der Waals surface area contributed by atoms with Crippen molar-refractivity contribution in [1.29, 1.82) is 5.26 Å². The highest BCUT2D eigenvalue weighted by Gasteiger charge is 2.13. The lowest BCUT2D eigenvalue weighted by Gasteiger charge is -2.11. The number of nitriles is 1. The first-order chi connectivity index (χ1) is 15.3. The van der Waals surface area contributed by atoms with Crippen LogP contribution in [0.5, 0.6) is 5.75 Å². The Bertz CT molecular complexity index is 1250. The van der Waals surface area contributed by atoms with Crippen LogP contribution in [0, 0.1) is 18.3 Å². The Morgan fingerprint density at radius 3 is 2.50 bits per heavy atom. The van der Waals surface area contributed by atoms with Crippen molar-refractivity contribution in [2.45, 2.75) is 13.5 Å². The number of anilines is 1. The van der Waals surface area contributed by atoms with Gasteiger partial charge in [0.15, 0.2) is 0 Å². The predicted molar refractivity (Wildman–Crippen MR) is 131 cm³/mol. The summed E-state index contributed by atoms with van der Waals surface area (Å²) >= 11 is 24.5. The van der Waals surface area contributed by atoms with Crippen molar-refractivity contribution in [3.05, 3.63) is 97.0 Å². The number of ether oxygens (including phenoxy) is 1. The summed E-state index contributed by atoms with van der Waals surface area (Å²) in [5.41, 5.74) is 2.50. The zero-order chi connectivity index (χ0) is 23.3. The lowest BCUT2D eigenvalue weighted by Crippen LogP contribution is -2.14. The number of hydrogen-bond acceptors (Lipinski definition) is 3. The van der Waals surface area contributed by atoms with Gasteiger partial charge in [-0.05, 0) is 60.5 Å². The molecule has 0 radical (unpaired) electrons. The van der Waals surface area contributed by atoms with Crippen molar-refractivity contribution >= 4 is 64.1 Å². The summed E-state index contributed by atoms with van der Waals surface area (Å²) in [6.45, 7) is 1.99.